The molecule has 0 aliphatic carbocycles. The van der Waals surface area contributed by atoms with Crippen LogP contribution in [-0.2, 0) is 14.3 Å². The number of carbonyl (C=O) groups excluding carboxylic acids is 1. The zero-order valence-corrected chi connectivity index (χ0v) is 12.4. The topological polar surface area (TPSA) is 38.8 Å². The van der Waals surface area contributed by atoms with E-state index < -0.39 is 0 Å². The van der Waals surface area contributed by atoms with Crippen LogP contribution in [-0.4, -0.2) is 44.3 Å². The van der Waals surface area contributed by atoms with E-state index in [-0.39, 0.29) is 24.0 Å². The zero-order chi connectivity index (χ0) is 14.5. The maximum absolute atomic E-state index is 12.1. The molecule has 0 bridgehead atoms. The summed E-state index contributed by atoms with van der Waals surface area (Å²) in [4.78, 5) is 14.4. The minimum absolute atomic E-state index is 0.160. The molecule has 1 heterocycles. The van der Waals surface area contributed by atoms with Crippen LogP contribution in [0.15, 0.2) is 30.3 Å². The monoisotopic (exact) mass is 277 g/mol. The smallest absolute Gasteiger partial charge is 0.323 e. The van der Waals surface area contributed by atoms with Crippen LogP contribution in [0.25, 0.3) is 0 Å². The van der Waals surface area contributed by atoms with E-state index >= 15 is 0 Å². The van der Waals surface area contributed by atoms with E-state index in [0.717, 1.165) is 13.0 Å². The van der Waals surface area contributed by atoms with E-state index in [4.69, 9.17) is 9.47 Å². The highest BCUT2D eigenvalue weighted by Crippen LogP contribution is 2.33. The second-order valence-electron chi connectivity index (χ2n) is 5.30. The summed E-state index contributed by atoms with van der Waals surface area (Å²) >= 11 is 0. The van der Waals surface area contributed by atoms with Crippen molar-refractivity contribution in [3.05, 3.63) is 35.9 Å². The van der Waals surface area contributed by atoms with Gasteiger partial charge in [-0.2, -0.15) is 0 Å². The van der Waals surface area contributed by atoms with Gasteiger partial charge in [-0.15, -0.1) is 0 Å². The lowest BCUT2D eigenvalue weighted by molar-refractivity contribution is -0.148. The molecule has 0 saturated carbocycles. The number of ether oxygens (including phenoxy) is 2. The third-order valence-electron chi connectivity index (χ3n) is 4.16. The van der Waals surface area contributed by atoms with Gasteiger partial charge in [0.05, 0.1) is 13.7 Å². The Hall–Kier alpha value is -1.39. The SMILES string of the molecule is COCC1CCN([C@@H](C)c2ccccc2)[C@@H]1C(=O)OC. The summed E-state index contributed by atoms with van der Waals surface area (Å²) in [7, 11) is 3.13. The lowest BCUT2D eigenvalue weighted by atomic mass is 10.00. The lowest BCUT2D eigenvalue weighted by Gasteiger charge is -2.31. The molecule has 3 atom stereocenters. The van der Waals surface area contributed by atoms with E-state index in [1.54, 1.807) is 7.11 Å². The van der Waals surface area contributed by atoms with E-state index in [9.17, 15) is 4.79 Å². The average molecular weight is 277 g/mol. The molecule has 1 aliphatic heterocycles. The first-order chi connectivity index (χ1) is 9.69. The number of hydrogen-bond donors (Lipinski definition) is 0. The Balaban J connectivity index is 2.19. The van der Waals surface area contributed by atoms with Crippen molar-refractivity contribution in [3.63, 3.8) is 0 Å². The number of rotatable bonds is 5. The number of likely N-dealkylation sites (tertiary alicyclic amines) is 1. The molecule has 0 amide bonds. The van der Waals surface area contributed by atoms with Crippen LogP contribution in [0.2, 0.25) is 0 Å². The fourth-order valence-electron chi connectivity index (χ4n) is 3.08. The van der Waals surface area contributed by atoms with Gasteiger partial charge < -0.3 is 9.47 Å². The van der Waals surface area contributed by atoms with Crippen molar-refractivity contribution in [3.8, 4) is 0 Å². The largest absolute Gasteiger partial charge is 0.468 e. The highest BCUT2D eigenvalue weighted by Gasteiger charge is 2.42. The van der Waals surface area contributed by atoms with Gasteiger partial charge in [-0.05, 0) is 18.9 Å². The van der Waals surface area contributed by atoms with Crippen molar-refractivity contribution in [2.24, 2.45) is 5.92 Å². The van der Waals surface area contributed by atoms with Crippen LogP contribution in [0.4, 0.5) is 0 Å². The highest BCUT2D eigenvalue weighted by atomic mass is 16.5. The molecule has 4 nitrogen and oxygen atoms in total. The van der Waals surface area contributed by atoms with E-state index in [2.05, 4.69) is 24.0 Å². The van der Waals surface area contributed by atoms with Crippen LogP contribution in [0.1, 0.15) is 24.9 Å². The van der Waals surface area contributed by atoms with Crippen molar-refractivity contribution in [2.75, 3.05) is 27.4 Å². The summed E-state index contributed by atoms with van der Waals surface area (Å²) in [6.07, 6.45) is 0.963. The quantitative estimate of drug-likeness (QED) is 0.774. The molecule has 110 valence electrons. The van der Waals surface area contributed by atoms with Gasteiger partial charge in [-0.1, -0.05) is 30.3 Å². The predicted molar refractivity (Wildman–Crippen MR) is 77.4 cm³/mol. The Morgan fingerprint density at radius 2 is 2.05 bits per heavy atom. The van der Waals surface area contributed by atoms with E-state index in [1.807, 2.05) is 18.2 Å². The molecular formula is C16H23NO3. The van der Waals surface area contributed by atoms with Crippen molar-refractivity contribution < 1.29 is 14.3 Å². The molecular weight excluding hydrogens is 254 g/mol. The number of nitrogens with zero attached hydrogens (tertiary/aromatic N) is 1. The van der Waals surface area contributed by atoms with Crippen molar-refractivity contribution in [1.82, 2.24) is 4.90 Å². The molecule has 1 fully saturated rings. The Bertz CT molecular complexity index is 435. The van der Waals surface area contributed by atoms with Crippen molar-refractivity contribution in [1.29, 1.82) is 0 Å². The summed E-state index contributed by atoms with van der Waals surface area (Å²) in [6.45, 7) is 3.63. The molecule has 20 heavy (non-hydrogen) atoms. The first-order valence-electron chi connectivity index (χ1n) is 7.06. The van der Waals surface area contributed by atoms with Gasteiger partial charge in [0, 0.05) is 25.6 Å². The van der Waals surface area contributed by atoms with Crippen molar-refractivity contribution >= 4 is 5.97 Å². The standard InChI is InChI=1S/C16H23NO3/c1-12(13-7-5-4-6-8-13)17-10-9-14(11-19-2)15(17)16(18)20-3/h4-8,12,14-15H,9-11H2,1-3H3/t12-,14?,15-/m0/s1. The molecule has 0 aromatic heterocycles. The summed E-state index contributed by atoms with van der Waals surface area (Å²) in [5.41, 5.74) is 1.22. The Morgan fingerprint density at radius 1 is 1.35 bits per heavy atom. The van der Waals surface area contributed by atoms with E-state index in [0.29, 0.717) is 6.61 Å². The van der Waals surface area contributed by atoms with Gasteiger partial charge in [-0.25, -0.2) is 0 Å². The highest BCUT2D eigenvalue weighted by molar-refractivity contribution is 5.76. The second kappa shape index (κ2) is 6.86. The minimum Gasteiger partial charge on any atom is -0.468 e. The number of esters is 1. The van der Waals surface area contributed by atoms with Gasteiger partial charge in [0.1, 0.15) is 6.04 Å². The molecule has 1 saturated heterocycles. The van der Waals surface area contributed by atoms with Crippen LogP contribution in [0.3, 0.4) is 0 Å². The maximum Gasteiger partial charge on any atom is 0.323 e. The lowest BCUT2D eigenvalue weighted by Crippen LogP contribution is -2.42. The molecule has 4 heteroatoms. The molecule has 1 aliphatic rings. The summed E-state index contributed by atoms with van der Waals surface area (Å²) in [5.74, 6) is 0.0472. The third-order valence-corrected chi connectivity index (χ3v) is 4.16. The number of methoxy groups -OCH3 is 2. The zero-order valence-electron chi connectivity index (χ0n) is 12.4. The summed E-state index contributed by atoms with van der Waals surface area (Å²) in [5, 5.41) is 0. The fraction of sp³-hybridized carbons (Fsp3) is 0.562. The molecule has 1 aromatic rings. The van der Waals surface area contributed by atoms with Crippen molar-refractivity contribution in [2.45, 2.75) is 25.4 Å². The first kappa shape index (κ1) is 15.0. The molecule has 0 spiro atoms. The maximum atomic E-state index is 12.1. The van der Waals surface area contributed by atoms with Crippen LogP contribution in [0.5, 0.6) is 0 Å². The van der Waals surface area contributed by atoms with Crippen LogP contribution >= 0.6 is 0 Å². The fourth-order valence-corrected chi connectivity index (χ4v) is 3.08. The Morgan fingerprint density at radius 3 is 2.65 bits per heavy atom. The Kier molecular flexibility index (Phi) is 5.15. The average Bonchev–Trinajstić information content (AvgIpc) is 2.90. The van der Waals surface area contributed by atoms with Crippen LogP contribution in [0, 0.1) is 5.92 Å². The van der Waals surface area contributed by atoms with E-state index in [1.165, 1.54) is 12.7 Å². The molecule has 2 rings (SSSR count). The molecule has 0 radical (unpaired) electrons. The summed E-state index contributed by atoms with van der Waals surface area (Å²) < 4.78 is 10.2. The van der Waals surface area contributed by atoms with Gasteiger partial charge in [-0.3, -0.25) is 9.69 Å². The third kappa shape index (κ3) is 3.02. The van der Waals surface area contributed by atoms with Gasteiger partial charge >= 0.3 is 5.97 Å². The molecule has 0 N–H and O–H groups in total. The predicted octanol–water partition coefficient (Wildman–Crippen LogP) is 2.26. The Labute approximate surface area is 120 Å². The minimum atomic E-state index is -0.213. The van der Waals surface area contributed by atoms with Crippen LogP contribution < -0.4 is 0 Å². The van der Waals surface area contributed by atoms with Gasteiger partial charge in [0.2, 0.25) is 0 Å². The number of carbonyl (C=O) groups is 1. The first-order valence-corrected chi connectivity index (χ1v) is 7.06. The van der Waals surface area contributed by atoms with Gasteiger partial charge in [0.15, 0.2) is 0 Å². The summed E-state index contributed by atoms with van der Waals surface area (Å²) in [6, 6.07) is 10.2. The van der Waals surface area contributed by atoms with Gasteiger partial charge in [0.25, 0.3) is 0 Å². The second-order valence-corrected chi connectivity index (χ2v) is 5.30. The molecule has 1 unspecified atom stereocenters. The number of hydrogen-bond acceptors (Lipinski definition) is 4. The normalized spacial score (nSPS) is 24.6. The molecule has 1 aromatic carbocycles. The number of benzene rings is 1.